The predicted octanol–water partition coefficient (Wildman–Crippen LogP) is 3.46. The minimum absolute atomic E-state index is 0.176. The maximum absolute atomic E-state index is 12.1. The maximum atomic E-state index is 12.1. The van der Waals surface area contributed by atoms with Gasteiger partial charge in [0.15, 0.2) is 5.82 Å². The molecule has 0 saturated carbocycles. The van der Waals surface area contributed by atoms with E-state index < -0.39 is 0 Å². The molecule has 1 heterocycles. The summed E-state index contributed by atoms with van der Waals surface area (Å²) in [7, 11) is 0. The van der Waals surface area contributed by atoms with E-state index in [4.69, 9.17) is 4.74 Å². The predicted molar refractivity (Wildman–Crippen MR) is 82.9 cm³/mol. The lowest BCUT2D eigenvalue weighted by atomic mass is 10.2. The molecule has 1 amide bonds. The number of nitrogens with zero attached hydrogens (tertiary/aromatic N) is 1. The van der Waals surface area contributed by atoms with Gasteiger partial charge in [-0.1, -0.05) is 13.3 Å². The molecule has 0 fully saturated rings. The van der Waals surface area contributed by atoms with Crippen LogP contribution in [-0.2, 0) is 0 Å². The normalized spacial score (nSPS) is 10.4. The quantitative estimate of drug-likeness (QED) is 0.800. The molecular formula is C16H21N3O2. The van der Waals surface area contributed by atoms with Gasteiger partial charge in [-0.2, -0.15) is 5.10 Å². The third kappa shape index (κ3) is 3.84. The Morgan fingerprint density at radius 1 is 1.29 bits per heavy atom. The zero-order valence-electron chi connectivity index (χ0n) is 12.7. The number of hydrogen-bond donors (Lipinski definition) is 2. The number of anilines is 1. The minimum Gasteiger partial charge on any atom is -0.494 e. The Hall–Kier alpha value is -2.30. The molecule has 2 N–H and O–H groups in total. The fourth-order valence-electron chi connectivity index (χ4n) is 1.82. The first-order chi connectivity index (χ1) is 10.1. The maximum Gasteiger partial charge on any atom is 0.256 e. The van der Waals surface area contributed by atoms with Crippen LogP contribution >= 0.6 is 0 Å². The van der Waals surface area contributed by atoms with Crippen molar-refractivity contribution in [3.63, 3.8) is 0 Å². The van der Waals surface area contributed by atoms with Crippen LogP contribution in [0.5, 0.6) is 5.75 Å². The van der Waals surface area contributed by atoms with Gasteiger partial charge in [-0.25, -0.2) is 0 Å². The zero-order chi connectivity index (χ0) is 15.2. The summed E-state index contributed by atoms with van der Waals surface area (Å²) in [4.78, 5) is 12.1. The fourth-order valence-corrected chi connectivity index (χ4v) is 1.82. The first kappa shape index (κ1) is 15.1. The lowest BCUT2D eigenvalue weighted by molar-refractivity contribution is 0.102. The van der Waals surface area contributed by atoms with Crippen molar-refractivity contribution in [2.75, 3.05) is 11.9 Å². The van der Waals surface area contributed by atoms with Crippen molar-refractivity contribution in [3.8, 4) is 5.75 Å². The Labute approximate surface area is 124 Å². The van der Waals surface area contributed by atoms with Crippen LogP contribution in [0.4, 0.5) is 5.82 Å². The summed E-state index contributed by atoms with van der Waals surface area (Å²) >= 11 is 0. The van der Waals surface area contributed by atoms with Crippen LogP contribution in [0.15, 0.2) is 24.3 Å². The number of nitrogens with one attached hydrogen (secondary N) is 2. The molecule has 0 aliphatic heterocycles. The molecule has 0 aliphatic carbocycles. The molecule has 112 valence electrons. The van der Waals surface area contributed by atoms with Crippen molar-refractivity contribution in [1.29, 1.82) is 0 Å². The Morgan fingerprint density at radius 2 is 2.00 bits per heavy atom. The number of amides is 1. The van der Waals surface area contributed by atoms with Crippen molar-refractivity contribution >= 4 is 11.7 Å². The van der Waals surface area contributed by atoms with Gasteiger partial charge in [0.1, 0.15) is 5.75 Å². The molecule has 1 aromatic heterocycles. The lowest BCUT2D eigenvalue weighted by Gasteiger charge is -2.07. The van der Waals surface area contributed by atoms with Crippen molar-refractivity contribution in [3.05, 3.63) is 41.1 Å². The highest BCUT2D eigenvalue weighted by atomic mass is 16.5. The summed E-state index contributed by atoms with van der Waals surface area (Å²) in [5.74, 6) is 1.18. The third-order valence-corrected chi connectivity index (χ3v) is 3.37. The van der Waals surface area contributed by atoms with Crippen LogP contribution < -0.4 is 10.1 Å². The molecule has 5 nitrogen and oxygen atoms in total. The summed E-state index contributed by atoms with van der Waals surface area (Å²) in [6.07, 6.45) is 2.13. The topological polar surface area (TPSA) is 67.0 Å². The SMILES string of the molecule is CCCCOc1ccc(C(=O)Nc2n[nH]c(C)c2C)cc1. The Bertz CT molecular complexity index is 602. The molecule has 0 aliphatic rings. The van der Waals surface area contributed by atoms with E-state index in [-0.39, 0.29) is 5.91 Å². The number of aromatic amines is 1. The molecule has 0 unspecified atom stereocenters. The van der Waals surface area contributed by atoms with Crippen LogP contribution in [-0.4, -0.2) is 22.7 Å². The highest BCUT2D eigenvalue weighted by Gasteiger charge is 2.11. The largest absolute Gasteiger partial charge is 0.494 e. The Balaban J connectivity index is 1.98. The number of ether oxygens (including phenoxy) is 1. The molecule has 5 heteroatoms. The number of benzene rings is 1. The molecular weight excluding hydrogens is 266 g/mol. The van der Waals surface area contributed by atoms with Gasteiger partial charge in [0.2, 0.25) is 0 Å². The number of aryl methyl sites for hydroxylation is 1. The molecule has 0 saturated heterocycles. The molecule has 1 aromatic carbocycles. The first-order valence-corrected chi connectivity index (χ1v) is 7.17. The van der Waals surface area contributed by atoms with Gasteiger partial charge < -0.3 is 10.1 Å². The second kappa shape index (κ2) is 6.92. The number of unbranched alkanes of at least 4 members (excludes halogenated alkanes) is 1. The highest BCUT2D eigenvalue weighted by Crippen LogP contribution is 2.17. The van der Waals surface area contributed by atoms with E-state index in [1.165, 1.54) is 0 Å². The third-order valence-electron chi connectivity index (χ3n) is 3.37. The Morgan fingerprint density at radius 3 is 2.57 bits per heavy atom. The highest BCUT2D eigenvalue weighted by molar-refractivity contribution is 6.04. The standard InChI is InChI=1S/C16H21N3O2/c1-4-5-10-21-14-8-6-13(7-9-14)16(20)17-15-11(2)12(3)18-19-15/h6-9H,4-5,10H2,1-3H3,(H2,17,18,19,20). The van der Waals surface area contributed by atoms with E-state index in [0.29, 0.717) is 18.0 Å². The van der Waals surface area contributed by atoms with Crippen LogP contribution in [0.3, 0.4) is 0 Å². The smallest absolute Gasteiger partial charge is 0.256 e. The molecule has 2 rings (SSSR count). The molecule has 21 heavy (non-hydrogen) atoms. The van der Waals surface area contributed by atoms with Gasteiger partial charge in [0, 0.05) is 16.8 Å². The summed E-state index contributed by atoms with van der Waals surface area (Å²) in [5.41, 5.74) is 2.48. The van der Waals surface area contributed by atoms with E-state index in [2.05, 4.69) is 22.4 Å². The van der Waals surface area contributed by atoms with Gasteiger partial charge in [-0.3, -0.25) is 9.89 Å². The van der Waals surface area contributed by atoms with E-state index in [9.17, 15) is 4.79 Å². The second-order valence-electron chi connectivity index (χ2n) is 5.00. The van der Waals surface area contributed by atoms with Gasteiger partial charge >= 0.3 is 0 Å². The zero-order valence-corrected chi connectivity index (χ0v) is 12.7. The minimum atomic E-state index is -0.176. The monoisotopic (exact) mass is 287 g/mol. The van der Waals surface area contributed by atoms with E-state index in [1.54, 1.807) is 12.1 Å². The van der Waals surface area contributed by atoms with Crippen LogP contribution in [0.1, 0.15) is 41.4 Å². The average Bonchev–Trinajstić information content (AvgIpc) is 2.80. The summed E-state index contributed by atoms with van der Waals surface area (Å²) in [6, 6.07) is 7.14. The second-order valence-corrected chi connectivity index (χ2v) is 5.00. The van der Waals surface area contributed by atoms with E-state index in [0.717, 1.165) is 29.8 Å². The van der Waals surface area contributed by atoms with Crippen molar-refractivity contribution in [2.24, 2.45) is 0 Å². The number of rotatable bonds is 6. The van der Waals surface area contributed by atoms with E-state index >= 15 is 0 Å². The van der Waals surface area contributed by atoms with Gasteiger partial charge in [-0.05, 0) is 44.5 Å². The number of H-pyrrole nitrogens is 1. The van der Waals surface area contributed by atoms with Gasteiger partial charge in [-0.15, -0.1) is 0 Å². The molecule has 2 aromatic rings. The van der Waals surface area contributed by atoms with Gasteiger partial charge in [0.25, 0.3) is 5.91 Å². The van der Waals surface area contributed by atoms with Crippen molar-refractivity contribution in [1.82, 2.24) is 10.2 Å². The molecule has 0 atom stereocenters. The average molecular weight is 287 g/mol. The summed E-state index contributed by atoms with van der Waals surface area (Å²) in [5, 5.41) is 9.71. The summed E-state index contributed by atoms with van der Waals surface area (Å²) in [6.45, 7) is 6.66. The first-order valence-electron chi connectivity index (χ1n) is 7.17. The number of hydrogen-bond acceptors (Lipinski definition) is 3. The fraction of sp³-hybridized carbons (Fsp3) is 0.375. The number of carbonyl (C=O) groups excluding carboxylic acids is 1. The van der Waals surface area contributed by atoms with Crippen molar-refractivity contribution in [2.45, 2.75) is 33.6 Å². The van der Waals surface area contributed by atoms with Crippen LogP contribution in [0.2, 0.25) is 0 Å². The summed E-state index contributed by atoms with van der Waals surface area (Å²) < 4.78 is 5.57. The lowest BCUT2D eigenvalue weighted by Crippen LogP contribution is -2.12. The molecule has 0 radical (unpaired) electrons. The Kier molecular flexibility index (Phi) is 4.98. The van der Waals surface area contributed by atoms with Crippen LogP contribution in [0.25, 0.3) is 0 Å². The van der Waals surface area contributed by atoms with E-state index in [1.807, 2.05) is 26.0 Å². The molecule has 0 spiro atoms. The molecule has 0 bridgehead atoms. The van der Waals surface area contributed by atoms with Gasteiger partial charge in [0.05, 0.1) is 6.61 Å². The van der Waals surface area contributed by atoms with Crippen molar-refractivity contribution < 1.29 is 9.53 Å². The number of aromatic nitrogens is 2. The number of carbonyl (C=O) groups is 1. The van der Waals surface area contributed by atoms with Crippen LogP contribution in [0, 0.1) is 13.8 Å².